The van der Waals surface area contributed by atoms with E-state index < -0.39 is 23.3 Å². The van der Waals surface area contributed by atoms with Gasteiger partial charge in [0.15, 0.2) is 0 Å². The van der Waals surface area contributed by atoms with Crippen LogP contribution in [-0.4, -0.2) is 35.1 Å². The minimum Gasteiger partial charge on any atom is -0.476 e. The van der Waals surface area contributed by atoms with Crippen molar-refractivity contribution in [2.75, 3.05) is 12.5 Å². The molecule has 0 aliphatic carbocycles. The van der Waals surface area contributed by atoms with Gasteiger partial charge in [0, 0.05) is 0 Å². The third kappa shape index (κ3) is 4.47. The van der Waals surface area contributed by atoms with Crippen LogP contribution in [0.1, 0.15) is 13.3 Å². The smallest absolute Gasteiger partial charge is 0.361 e. The van der Waals surface area contributed by atoms with Crippen LogP contribution in [0.2, 0.25) is 0 Å². The highest BCUT2D eigenvalue weighted by molar-refractivity contribution is 6.67. The summed E-state index contributed by atoms with van der Waals surface area (Å²) in [5, 5.41) is 11.7. The molecule has 13 heavy (non-hydrogen) atoms. The molecule has 0 fully saturated rings. The fraction of sp³-hybridized carbons (Fsp3) is 0.571. The lowest BCUT2D eigenvalue weighted by Crippen LogP contribution is -2.25. The maximum Gasteiger partial charge on any atom is 0.361 e. The van der Waals surface area contributed by atoms with E-state index in [1.807, 2.05) is 6.92 Å². The van der Waals surface area contributed by atoms with Crippen LogP contribution >= 0.6 is 11.6 Å². The first kappa shape index (κ1) is 11.9. The molecule has 5 nitrogen and oxygen atoms in total. The molecule has 0 rings (SSSR count). The molecule has 0 spiro atoms. The van der Waals surface area contributed by atoms with Crippen LogP contribution in [-0.2, 0) is 14.4 Å². The average molecular weight is 208 g/mol. The highest BCUT2D eigenvalue weighted by Crippen LogP contribution is 1.90. The third-order valence-electron chi connectivity index (χ3n) is 1.04. The monoisotopic (exact) mass is 207 g/mol. The first-order chi connectivity index (χ1) is 6.13. The predicted molar refractivity (Wildman–Crippen MR) is 47.0 cm³/mol. The molecule has 0 amide bonds. The van der Waals surface area contributed by atoms with Gasteiger partial charge in [-0.3, -0.25) is 4.79 Å². The molecule has 0 bridgehead atoms. The van der Waals surface area contributed by atoms with Crippen LogP contribution in [0.15, 0.2) is 5.16 Å². The Morgan fingerprint density at radius 3 is 2.54 bits per heavy atom. The summed E-state index contributed by atoms with van der Waals surface area (Å²) in [4.78, 5) is 25.8. The van der Waals surface area contributed by atoms with Crippen LogP contribution in [0.3, 0.4) is 0 Å². The lowest BCUT2D eigenvalue weighted by atomic mass is 10.3. The average Bonchev–Trinajstić information content (AvgIpc) is 2.11. The lowest BCUT2D eigenvalue weighted by molar-refractivity contribution is -0.130. The Labute approximate surface area is 80.3 Å². The second kappa shape index (κ2) is 6.42. The van der Waals surface area contributed by atoms with Gasteiger partial charge in [-0.05, 0) is 6.42 Å². The molecule has 0 aliphatic rings. The maximum atomic E-state index is 10.8. The third-order valence-corrected chi connectivity index (χ3v) is 1.28. The highest BCUT2D eigenvalue weighted by atomic mass is 35.5. The molecule has 0 saturated heterocycles. The first-order valence-electron chi connectivity index (χ1n) is 3.65. The van der Waals surface area contributed by atoms with Crippen molar-refractivity contribution in [1.82, 2.24) is 0 Å². The first-order valence-corrected chi connectivity index (χ1v) is 4.19. The molecule has 0 radical (unpaired) electrons. The number of aliphatic carboxylic acids is 1. The summed E-state index contributed by atoms with van der Waals surface area (Å²) in [6, 6.07) is 0. The quantitative estimate of drug-likeness (QED) is 0.228. The predicted octanol–water partition coefficient (Wildman–Crippen LogP) is 0.661. The van der Waals surface area contributed by atoms with Crippen molar-refractivity contribution in [3.63, 3.8) is 0 Å². The van der Waals surface area contributed by atoms with Crippen LogP contribution in [0.25, 0.3) is 0 Å². The van der Waals surface area contributed by atoms with E-state index in [2.05, 4.69) is 9.99 Å². The number of Topliss-reactive ketones (excluding diaryl/α,β-unsaturated/α-hetero) is 1. The van der Waals surface area contributed by atoms with Gasteiger partial charge in [-0.25, -0.2) is 4.79 Å². The summed E-state index contributed by atoms with van der Waals surface area (Å²) in [5.41, 5.74) is -0.663. The minimum absolute atomic E-state index is 0.270. The van der Waals surface area contributed by atoms with Gasteiger partial charge in [0.05, 0.1) is 5.88 Å². The number of carboxylic acid groups (broad SMARTS) is 1. The number of halogens is 1. The van der Waals surface area contributed by atoms with E-state index in [9.17, 15) is 9.59 Å². The van der Waals surface area contributed by atoms with Gasteiger partial charge in [-0.2, -0.15) is 0 Å². The Kier molecular flexibility index (Phi) is 5.88. The number of hydrogen-bond acceptors (Lipinski definition) is 4. The number of oxime groups is 1. The van der Waals surface area contributed by atoms with E-state index in [4.69, 9.17) is 16.7 Å². The van der Waals surface area contributed by atoms with Crippen molar-refractivity contribution in [3.05, 3.63) is 0 Å². The highest BCUT2D eigenvalue weighted by Gasteiger charge is 2.19. The molecule has 1 N–H and O–H groups in total. The zero-order valence-corrected chi connectivity index (χ0v) is 7.87. The van der Waals surface area contributed by atoms with Crippen molar-refractivity contribution in [2.45, 2.75) is 13.3 Å². The van der Waals surface area contributed by atoms with Gasteiger partial charge >= 0.3 is 5.97 Å². The summed E-state index contributed by atoms with van der Waals surface area (Å²) in [5.74, 6) is -2.60. The maximum absolute atomic E-state index is 10.8. The largest absolute Gasteiger partial charge is 0.476 e. The van der Waals surface area contributed by atoms with Crippen LogP contribution < -0.4 is 0 Å². The number of carbonyl (C=O) groups is 2. The van der Waals surface area contributed by atoms with Crippen molar-refractivity contribution in [3.8, 4) is 0 Å². The van der Waals surface area contributed by atoms with Gasteiger partial charge in [0.2, 0.25) is 11.5 Å². The number of alkyl halides is 1. The summed E-state index contributed by atoms with van der Waals surface area (Å²) in [6.07, 6.45) is 0.686. The van der Waals surface area contributed by atoms with E-state index in [1.54, 1.807) is 0 Å². The number of ketones is 1. The molecule has 0 aliphatic heterocycles. The second-order valence-electron chi connectivity index (χ2n) is 2.14. The van der Waals surface area contributed by atoms with Crippen molar-refractivity contribution in [1.29, 1.82) is 0 Å². The summed E-state index contributed by atoms with van der Waals surface area (Å²) in [7, 11) is 0. The normalized spacial score (nSPS) is 11.1. The number of nitrogens with zero attached hydrogens (tertiary/aromatic N) is 1. The van der Waals surface area contributed by atoms with E-state index >= 15 is 0 Å². The van der Waals surface area contributed by atoms with Crippen molar-refractivity contribution >= 4 is 29.1 Å². The minimum atomic E-state index is -1.43. The van der Waals surface area contributed by atoms with Gasteiger partial charge in [0.25, 0.3) is 0 Å². The molecular weight excluding hydrogens is 198 g/mol. The van der Waals surface area contributed by atoms with Crippen molar-refractivity contribution in [2.24, 2.45) is 5.16 Å². The molecule has 0 aromatic rings. The van der Waals surface area contributed by atoms with E-state index in [1.165, 1.54) is 0 Å². The molecule has 0 saturated carbocycles. The van der Waals surface area contributed by atoms with Gasteiger partial charge in [-0.15, -0.1) is 11.6 Å². The fourth-order valence-electron chi connectivity index (χ4n) is 0.474. The molecule has 6 heteroatoms. The van der Waals surface area contributed by atoms with Crippen LogP contribution in [0, 0.1) is 0 Å². The molecule has 0 unspecified atom stereocenters. The Morgan fingerprint density at radius 1 is 1.54 bits per heavy atom. The molecule has 74 valence electrons. The van der Waals surface area contributed by atoms with E-state index in [0.29, 0.717) is 6.42 Å². The zero-order valence-electron chi connectivity index (χ0n) is 7.12. The van der Waals surface area contributed by atoms with Crippen LogP contribution in [0.5, 0.6) is 0 Å². The van der Waals surface area contributed by atoms with Gasteiger partial charge < -0.3 is 9.94 Å². The Hall–Kier alpha value is -1.10. The standard InChI is InChI=1S/C7H10ClNO4/c1-2-3-13-9-6(7(11)12)5(10)4-8/h2-4H2,1H3,(H,11,12)/b9-6-. The Morgan fingerprint density at radius 2 is 2.15 bits per heavy atom. The molecule has 0 atom stereocenters. The Bertz CT molecular complexity index is 227. The number of carboxylic acids is 1. The summed E-state index contributed by atoms with van der Waals surface area (Å²) >= 11 is 5.15. The van der Waals surface area contributed by atoms with E-state index in [-0.39, 0.29) is 6.61 Å². The Balaban J connectivity index is 4.32. The van der Waals surface area contributed by atoms with Crippen molar-refractivity contribution < 1.29 is 19.5 Å². The SMILES string of the molecule is CCCO/N=C(\C(=O)O)C(=O)CCl. The summed E-state index contributed by atoms with van der Waals surface area (Å²) in [6.45, 7) is 2.10. The van der Waals surface area contributed by atoms with Gasteiger partial charge in [0.1, 0.15) is 6.61 Å². The molecule has 0 heterocycles. The number of rotatable bonds is 6. The number of hydrogen-bond donors (Lipinski definition) is 1. The molecule has 0 aromatic heterocycles. The number of carbonyl (C=O) groups excluding carboxylic acids is 1. The molecule has 0 aromatic carbocycles. The van der Waals surface area contributed by atoms with E-state index in [0.717, 1.165) is 0 Å². The van der Waals surface area contributed by atoms with Crippen LogP contribution in [0.4, 0.5) is 0 Å². The lowest BCUT2D eigenvalue weighted by Gasteiger charge is -1.98. The van der Waals surface area contributed by atoms with Gasteiger partial charge in [-0.1, -0.05) is 12.1 Å². The summed E-state index contributed by atoms with van der Waals surface area (Å²) < 4.78 is 0. The topological polar surface area (TPSA) is 76.0 Å². The second-order valence-corrected chi connectivity index (χ2v) is 2.40. The molecular formula is C7H10ClNO4. The zero-order chi connectivity index (χ0) is 10.3. The fourth-order valence-corrected chi connectivity index (χ4v) is 0.601.